The van der Waals surface area contributed by atoms with E-state index in [1.807, 2.05) is 6.92 Å². The molecule has 18 heavy (non-hydrogen) atoms. The predicted octanol–water partition coefficient (Wildman–Crippen LogP) is 2.32. The fraction of sp³-hybridized carbons (Fsp3) is 0.250. The molecule has 0 amide bonds. The zero-order valence-corrected chi connectivity index (χ0v) is 10.0. The first-order valence-corrected chi connectivity index (χ1v) is 5.38. The second-order valence-corrected chi connectivity index (χ2v) is 4.06. The molecule has 6 heteroatoms. The van der Waals surface area contributed by atoms with E-state index >= 15 is 0 Å². The van der Waals surface area contributed by atoms with Gasteiger partial charge in [0.2, 0.25) is 0 Å². The predicted molar refractivity (Wildman–Crippen MR) is 63.3 cm³/mol. The van der Waals surface area contributed by atoms with Crippen LogP contribution in [0.1, 0.15) is 11.3 Å². The largest absolute Gasteiger partial charge is 0.503 e. The minimum absolute atomic E-state index is 0.251. The number of anilines is 1. The van der Waals surface area contributed by atoms with Crippen LogP contribution in [0.15, 0.2) is 18.3 Å². The average molecular weight is 253 g/mol. The van der Waals surface area contributed by atoms with Crippen LogP contribution in [0.25, 0.3) is 0 Å². The molecule has 0 fully saturated rings. The van der Waals surface area contributed by atoms with Crippen molar-refractivity contribution in [1.29, 1.82) is 0 Å². The van der Waals surface area contributed by atoms with Crippen molar-refractivity contribution in [2.24, 2.45) is 7.05 Å². The summed E-state index contributed by atoms with van der Waals surface area (Å²) >= 11 is 0. The average Bonchev–Trinajstić information content (AvgIpc) is 2.62. The van der Waals surface area contributed by atoms with Crippen LogP contribution in [0.3, 0.4) is 0 Å². The number of halogens is 2. The highest BCUT2D eigenvalue weighted by Crippen LogP contribution is 2.22. The summed E-state index contributed by atoms with van der Waals surface area (Å²) in [6.07, 6.45) is 1.78. The number of phenols is 1. The van der Waals surface area contributed by atoms with E-state index in [0.29, 0.717) is 5.56 Å². The number of rotatable bonds is 3. The third-order valence-corrected chi connectivity index (χ3v) is 2.57. The Labute approximate surface area is 103 Å². The van der Waals surface area contributed by atoms with Gasteiger partial charge in [-0.3, -0.25) is 4.68 Å². The molecule has 0 saturated heterocycles. The summed E-state index contributed by atoms with van der Waals surface area (Å²) in [6.45, 7) is 2.08. The van der Waals surface area contributed by atoms with Crippen molar-refractivity contribution in [1.82, 2.24) is 9.78 Å². The van der Waals surface area contributed by atoms with Gasteiger partial charge < -0.3 is 10.4 Å². The van der Waals surface area contributed by atoms with Gasteiger partial charge in [-0.25, -0.2) is 8.78 Å². The number of nitrogens with zero attached hydrogens (tertiary/aromatic N) is 2. The quantitative estimate of drug-likeness (QED) is 0.882. The monoisotopic (exact) mass is 253 g/mol. The van der Waals surface area contributed by atoms with Crippen LogP contribution >= 0.6 is 0 Å². The van der Waals surface area contributed by atoms with E-state index in [2.05, 4.69) is 10.4 Å². The van der Waals surface area contributed by atoms with E-state index in [1.54, 1.807) is 17.9 Å². The molecule has 4 nitrogen and oxygen atoms in total. The Kier molecular flexibility index (Phi) is 3.18. The van der Waals surface area contributed by atoms with Crippen LogP contribution in [0, 0.1) is 18.6 Å². The molecule has 0 saturated carbocycles. The molecule has 0 unspecified atom stereocenters. The fourth-order valence-corrected chi connectivity index (χ4v) is 1.69. The molecule has 0 spiro atoms. The number of nitrogens with one attached hydrogen (secondary N) is 1. The maximum absolute atomic E-state index is 13.1. The molecule has 1 aromatic carbocycles. The Morgan fingerprint density at radius 1 is 1.33 bits per heavy atom. The second-order valence-electron chi connectivity index (χ2n) is 4.06. The first kappa shape index (κ1) is 12.3. The molecule has 0 aliphatic rings. The van der Waals surface area contributed by atoms with Crippen molar-refractivity contribution in [3.63, 3.8) is 0 Å². The van der Waals surface area contributed by atoms with Crippen LogP contribution in [-0.2, 0) is 13.6 Å². The van der Waals surface area contributed by atoms with Crippen LogP contribution in [-0.4, -0.2) is 14.9 Å². The molecule has 2 aromatic rings. The van der Waals surface area contributed by atoms with Crippen molar-refractivity contribution in [3.8, 4) is 5.75 Å². The van der Waals surface area contributed by atoms with Gasteiger partial charge in [-0.1, -0.05) is 0 Å². The van der Waals surface area contributed by atoms with Gasteiger partial charge >= 0.3 is 0 Å². The van der Waals surface area contributed by atoms with Crippen LogP contribution in [0.5, 0.6) is 5.75 Å². The zero-order chi connectivity index (χ0) is 13.3. The Hall–Kier alpha value is -2.11. The van der Waals surface area contributed by atoms with E-state index < -0.39 is 17.4 Å². The minimum Gasteiger partial charge on any atom is -0.503 e. The normalized spacial score (nSPS) is 10.7. The lowest BCUT2D eigenvalue weighted by Crippen LogP contribution is -2.01. The van der Waals surface area contributed by atoms with Gasteiger partial charge in [-0.2, -0.15) is 5.10 Å². The Morgan fingerprint density at radius 2 is 1.94 bits per heavy atom. The smallest absolute Gasteiger partial charge is 0.187 e. The molecule has 2 N–H and O–H groups in total. The highest BCUT2D eigenvalue weighted by molar-refractivity contribution is 5.46. The number of aromatic nitrogens is 2. The number of aryl methyl sites for hydroxylation is 2. The molecule has 96 valence electrons. The van der Waals surface area contributed by atoms with Gasteiger partial charge in [0.05, 0.1) is 11.4 Å². The maximum atomic E-state index is 13.1. The SMILES string of the molecule is Cc1nn(C)cc1NCc1cc(F)c(O)c(F)c1. The van der Waals surface area contributed by atoms with Gasteiger partial charge in [0.1, 0.15) is 0 Å². The van der Waals surface area contributed by atoms with Crippen LogP contribution in [0.2, 0.25) is 0 Å². The lowest BCUT2D eigenvalue weighted by Gasteiger charge is -2.06. The van der Waals surface area contributed by atoms with E-state index in [9.17, 15) is 8.78 Å². The number of phenolic OH excluding ortho intramolecular Hbond substituents is 1. The summed E-state index contributed by atoms with van der Waals surface area (Å²) in [5.41, 5.74) is 2.01. The summed E-state index contributed by atoms with van der Waals surface area (Å²) in [5.74, 6) is -2.87. The van der Waals surface area contributed by atoms with Gasteiger partial charge in [0.15, 0.2) is 17.4 Å². The standard InChI is InChI=1S/C12H13F2N3O/c1-7-11(6-17(2)16-7)15-5-8-3-9(13)12(18)10(14)4-8/h3-4,6,15,18H,5H2,1-2H3. The van der Waals surface area contributed by atoms with Crippen LogP contribution in [0.4, 0.5) is 14.5 Å². The van der Waals surface area contributed by atoms with Gasteiger partial charge in [-0.15, -0.1) is 0 Å². The number of benzene rings is 1. The van der Waals surface area contributed by atoms with E-state index in [4.69, 9.17) is 5.11 Å². The van der Waals surface area contributed by atoms with Gasteiger partial charge in [0, 0.05) is 19.8 Å². The molecular weight excluding hydrogens is 240 g/mol. The molecule has 0 radical (unpaired) electrons. The van der Waals surface area contributed by atoms with Crippen molar-refractivity contribution >= 4 is 5.69 Å². The van der Waals surface area contributed by atoms with Crippen molar-refractivity contribution in [3.05, 3.63) is 41.2 Å². The zero-order valence-electron chi connectivity index (χ0n) is 10.0. The molecular formula is C12H13F2N3O. The summed E-state index contributed by atoms with van der Waals surface area (Å²) in [6, 6.07) is 2.19. The molecule has 0 aliphatic carbocycles. The molecule has 1 heterocycles. The molecule has 1 aromatic heterocycles. The third kappa shape index (κ3) is 2.42. The van der Waals surface area contributed by atoms with Gasteiger partial charge in [0.25, 0.3) is 0 Å². The molecule has 0 aliphatic heterocycles. The molecule has 2 rings (SSSR count). The molecule has 0 atom stereocenters. The Bertz CT molecular complexity index is 558. The van der Waals surface area contributed by atoms with E-state index in [0.717, 1.165) is 23.5 Å². The number of hydrogen-bond acceptors (Lipinski definition) is 3. The van der Waals surface area contributed by atoms with Crippen molar-refractivity contribution < 1.29 is 13.9 Å². The van der Waals surface area contributed by atoms with E-state index in [-0.39, 0.29) is 6.54 Å². The van der Waals surface area contributed by atoms with Crippen LogP contribution < -0.4 is 5.32 Å². The first-order valence-electron chi connectivity index (χ1n) is 5.38. The minimum atomic E-state index is -0.963. The maximum Gasteiger partial charge on any atom is 0.187 e. The summed E-state index contributed by atoms with van der Waals surface area (Å²) in [5, 5.41) is 16.1. The number of hydrogen-bond donors (Lipinski definition) is 2. The van der Waals surface area contributed by atoms with Crippen molar-refractivity contribution in [2.75, 3.05) is 5.32 Å². The van der Waals surface area contributed by atoms with Crippen molar-refractivity contribution in [2.45, 2.75) is 13.5 Å². The van der Waals surface area contributed by atoms with E-state index in [1.165, 1.54) is 0 Å². The number of aromatic hydroxyl groups is 1. The highest BCUT2D eigenvalue weighted by atomic mass is 19.1. The highest BCUT2D eigenvalue weighted by Gasteiger charge is 2.10. The fourth-order valence-electron chi connectivity index (χ4n) is 1.69. The topological polar surface area (TPSA) is 50.1 Å². The van der Waals surface area contributed by atoms with Gasteiger partial charge in [-0.05, 0) is 24.6 Å². The Balaban J connectivity index is 2.13. The lowest BCUT2D eigenvalue weighted by molar-refractivity contribution is 0.395. The molecule has 0 bridgehead atoms. The Morgan fingerprint density at radius 3 is 2.44 bits per heavy atom. The summed E-state index contributed by atoms with van der Waals surface area (Å²) in [4.78, 5) is 0. The first-order chi connectivity index (χ1) is 8.47. The summed E-state index contributed by atoms with van der Waals surface area (Å²) < 4.78 is 27.9. The third-order valence-electron chi connectivity index (χ3n) is 2.57. The second kappa shape index (κ2) is 4.64. The summed E-state index contributed by atoms with van der Waals surface area (Å²) in [7, 11) is 1.79. The lowest BCUT2D eigenvalue weighted by atomic mass is 10.2.